The zero-order valence-electron chi connectivity index (χ0n) is 8.21. The van der Waals surface area contributed by atoms with E-state index in [-0.39, 0.29) is 0 Å². The van der Waals surface area contributed by atoms with E-state index in [0.717, 1.165) is 24.5 Å². The molecule has 2 rings (SSSR count). The van der Waals surface area contributed by atoms with Gasteiger partial charge in [-0.2, -0.15) is 5.10 Å². The van der Waals surface area contributed by atoms with Gasteiger partial charge in [-0.25, -0.2) is 4.98 Å². The Hall–Kier alpha value is -0.860. The fourth-order valence-corrected chi connectivity index (χ4v) is 2.03. The van der Waals surface area contributed by atoms with Crippen LogP contribution in [0.2, 0.25) is 0 Å². The summed E-state index contributed by atoms with van der Waals surface area (Å²) in [5, 5.41) is 7.30. The van der Waals surface area contributed by atoms with Crippen molar-refractivity contribution in [1.82, 2.24) is 15.2 Å². The van der Waals surface area contributed by atoms with Gasteiger partial charge in [0.1, 0.15) is 5.82 Å². The highest BCUT2D eigenvalue weighted by molar-refractivity contribution is 4.99. The van der Waals surface area contributed by atoms with Gasteiger partial charge in [-0.3, -0.25) is 5.10 Å². The van der Waals surface area contributed by atoms with Crippen molar-refractivity contribution in [3.8, 4) is 0 Å². The molecule has 0 atom stereocenters. The molecule has 0 unspecified atom stereocenters. The largest absolute Gasteiger partial charge is 0.263 e. The molecule has 0 radical (unpaired) electrons. The van der Waals surface area contributed by atoms with Crippen LogP contribution in [0.25, 0.3) is 0 Å². The van der Waals surface area contributed by atoms with Gasteiger partial charge in [0.2, 0.25) is 0 Å². The molecule has 1 saturated carbocycles. The van der Waals surface area contributed by atoms with Crippen LogP contribution in [0.1, 0.15) is 56.6 Å². The van der Waals surface area contributed by atoms with Crippen LogP contribution in [0.15, 0.2) is 0 Å². The average Bonchev–Trinajstić information content (AvgIpc) is 2.70. The Morgan fingerprint density at radius 3 is 2.85 bits per heavy atom. The van der Waals surface area contributed by atoms with E-state index >= 15 is 0 Å². The Kier molecular flexibility index (Phi) is 2.62. The van der Waals surface area contributed by atoms with E-state index in [1.807, 2.05) is 0 Å². The molecule has 0 amide bonds. The number of aromatic nitrogens is 3. The number of aromatic amines is 1. The normalized spacial score (nSPS) is 18.2. The first-order valence-corrected chi connectivity index (χ1v) is 5.31. The fraction of sp³-hybridized carbons (Fsp3) is 0.800. The van der Waals surface area contributed by atoms with E-state index in [1.165, 1.54) is 25.7 Å². The van der Waals surface area contributed by atoms with Crippen molar-refractivity contribution in [2.24, 2.45) is 0 Å². The van der Waals surface area contributed by atoms with Crippen LogP contribution >= 0.6 is 0 Å². The molecule has 1 heterocycles. The van der Waals surface area contributed by atoms with Crippen LogP contribution in [-0.2, 0) is 6.42 Å². The molecule has 1 aliphatic rings. The topological polar surface area (TPSA) is 41.6 Å². The standard InChI is InChI=1S/C10H17N3/c1-2-5-9-11-10(13-12-9)8-6-3-4-7-8/h8H,2-7H2,1H3,(H,11,12,13). The molecule has 1 aromatic rings. The summed E-state index contributed by atoms with van der Waals surface area (Å²) in [4.78, 5) is 4.52. The minimum absolute atomic E-state index is 0.641. The van der Waals surface area contributed by atoms with Gasteiger partial charge in [0.15, 0.2) is 5.82 Å². The molecule has 0 spiro atoms. The number of nitrogens with zero attached hydrogens (tertiary/aromatic N) is 2. The third-order valence-electron chi connectivity index (χ3n) is 2.76. The summed E-state index contributed by atoms with van der Waals surface area (Å²) in [5.41, 5.74) is 0. The van der Waals surface area contributed by atoms with Gasteiger partial charge in [0.25, 0.3) is 0 Å². The van der Waals surface area contributed by atoms with Gasteiger partial charge in [-0.1, -0.05) is 19.8 Å². The first-order chi connectivity index (χ1) is 6.40. The molecule has 3 heteroatoms. The molecule has 0 saturated heterocycles. The summed E-state index contributed by atoms with van der Waals surface area (Å²) in [6.45, 7) is 2.16. The summed E-state index contributed by atoms with van der Waals surface area (Å²) < 4.78 is 0. The third-order valence-corrected chi connectivity index (χ3v) is 2.76. The van der Waals surface area contributed by atoms with E-state index in [2.05, 4.69) is 22.1 Å². The molecule has 72 valence electrons. The summed E-state index contributed by atoms with van der Waals surface area (Å²) in [7, 11) is 0. The Labute approximate surface area is 79.0 Å². The van der Waals surface area contributed by atoms with Gasteiger partial charge in [-0.15, -0.1) is 0 Å². The minimum Gasteiger partial charge on any atom is -0.263 e. The van der Waals surface area contributed by atoms with Crippen molar-refractivity contribution in [3.63, 3.8) is 0 Å². The molecule has 3 nitrogen and oxygen atoms in total. The lowest BCUT2D eigenvalue weighted by molar-refractivity contribution is 0.671. The van der Waals surface area contributed by atoms with Crippen LogP contribution < -0.4 is 0 Å². The van der Waals surface area contributed by atoms with Crippen molar-refractivity contribution < 1.29 is 0 Å². The van der Waals surface area contributed by atoms with Gasteiger partial charge in [0.05, 0.1) is 0 Å². The maximum atomic E-state index is 4.52. The Morgan fingerprint density at radius 1 is 1.38 bits per heavy atom. The lowest BCUT2D eigenvalue weighted by Gasteiger charge is -2.00. The molecule has 0 aliphatic heterocycles. The molecule has 1 aromatic heterocycles. The van der Waals surface area contributed by atoms with Crippen molar-refractivity contribution >= 4 is 0 Å². The van der Waals surface area contributed by atoms with Crippen molar-refractivity contribution in [3.05, 3.63) is 11.6 Å². The molecule has 0 bridgehead atoms. The fourth-order valence-electron chi connectivity index (χ4n) is 2.03. The highest BCUT2D eigenvalue weighted by Crippen LogP contribution is 2.31. The minimum atomic E-state index is 0.641. The molecular weight excluding hydrogens is 162 g/mol. The Balaban J connectivity index is 2.03. The number of hydrogen-bond acceptors (Lipinski definition) is 2. The van der Waals surface area contributed by atoms with Crippen LogP contribution in [0.5, 0.6) is 0 Å². The lowest BCUT2D eigenvalue weighted by Crippen LogP contribution is -1.95. The van der Waals surface area contributed by atoms with Crippen molar-refractivity contribution in [2.75, 3.05) is 0 Å². The Morgan fingerprint density at radius 2 is 2.15 bits per heavy atom. The van der Waals surface area contributed by atoms with Crippen molar-refractivity contribution in [2.45, 2.75) is 51.4 Å². The van der Waals surface area contributed by atoms with Crippen LogP contribution in [0.3, 0.4) is 0 Å². The molecule has 13 heavy (non-hydrogen) atoms. The van der Waals surface area contributed by atoms with Gasteiger partial charge >= 0.3 is 0 Å². The van der Waals surface area contributed by atoms with Crippen molar-refractivity contribution in [1.29, 1.82) is 0 Å². The summed E-state index contributed by atoms with van der Waals surface area (Å²) in [6.07, 6.45) is 7.43. The second kappa shape index (κ2) is 3.90. The maximum Gasteiger partial charge on any atom is 0.153 e. The second-order valence-electron chi connectivity index (χ2n) is 3.87. The highest BCUT2D eigenvalue weighted by Gasteiger charge is 2.20. The van der Waals surface area contributed by atoms with Crippen LogP contribution in [0.4, 0.5) is 0 Å². The molecule has 1 aliphatic carbocycles. The van der Waals surface area contributed by atoms with E-state index in [4.69, 9.17) is 0 Å². The third kappa shape index (κ3) is 1.90. The second-order valence-corrected chi connectivity index (χ2v) is 3.87. The zero-order valence-corrected chi connectivity index (χ0v) is 8.21. The SMILES string of the molecule is CCCc1nc(C2CCCC2)n[nH]1. The average molecular weight is 179 g/mol. The van der Waals surface area contributed by atoms with Gasteiger partial charge in [0, 0.05) is 12.3 Å². The summed E-state index contributed by atoms with van der Waals surface area (Å²) >= 11 is 0. The molecule has 1 fully saturated rings. The van der Waals surface area contributed by atoms with Crippen LogP contribution in [0, 0.1) is 0 Å². The monoisotopic (exact) mass is 179 g/mol. The first-order valence-electron chi connectivity index (χ1n) is 5.31. The van der Waals surface area contributed by atoms with E-state index in [0.29, 0.717) is 5.92 Å². The smallest absolute Gasteiger partial charge is 0.153 e. The Bertz CT molecular complexity index is 261. The quantitative estimate of drug-likeness (QED) is 0.774. The molecule has 1 N–H and O–H groups in total. The first kappa shape index (κ1) is 8.73. The number of H-pyrrole nitrogens is 1. The predicted octanol–water partition coefficient (Wildman–Crippen LogP) is 2.41. The van der Waals surface area contributed by atoms with Gasteiger partial charge in [-0.05, 0) is 19.3 Å². The number of nitrogens with one attached hydrogen (secondary N) is 1. The molecular formula is C10H17N3. The van der Waals surface area contributed by atoms with E-state index < -0.39 is 0 Å². The zero-order chi connectivity index (χ0) is 9.10. The number of aryl methyl sites for hydroxylation is 1. The van der Waals surface area contributed by atoms with E-state index in [1.54, 1.807) is 0 Å². The van der Waals surface area contributed by atoms with Crippen LogP contribution in [-0.4, -0.2) is 15.2 Å². The molecule has 0 aromatic carbocycles. The predicted molar refractivity (Wildman–Crippen MR) is 51.6 cm³/mol. The lowest BCUT2D eigenvalue weighted by atomic mass is 10.1. The highest BCUT2D eigenvalue weighted by atomic mass is 15.2. The van der Waals surface area contributed by atoms with Gasteiger partial charge < -0.3 is 0 Å². The summed E-state index contributed by atoms with van der Waals surface area (Å²) in [5.74, 6) is 2.76. The number of rotatable bonds is 3. The van der Waals surface area contributed by atoms with E-state index in [9.17, 15) is 0 Å². The maximum absolute atomic E-state index is 4.52. The number of hydrogen-bond donors (Lipinski definition) is 1. The summed E-state index contributed by atoms with van der Waals surface area (Å²) in [6, 6.07) is 0.